The van der Waals surface area contributed by atoms with Gasteiger partial charge in [-0.2, -0.15) is 0 Å². The lowest BCUT2D eigenvalue weighted by molar-refractivity contribution is -0.134. The van der Waals surface area contributed by atoms with Gasteiger partial charge >= 0.3 is 0 Å². The van der Waals surface area contributed by atoms with Crippen LogP contribution < -0.4 is 0 Å². The Morgan fingerprint density at radius 3 is 2.39 bits per heavy atom. The number of nitrogens with zero attached hydrogens (tertiary/aromatic N) is 3. The molecule has 2 heterocycles. The second kappa shape index (κ2) is 8.41. The maximum absolute atomic E-state index is 14.0. The Kier molecular flexibility index (Phi) is 5.73. The largest absolute Gasteiger partial charge is 0.338 e. The molecule has 1 aromatic carbocycles. The third-order valence-corrected chi connectivity index (χ3v) is 6.24. The van der Waals surface area contributed by atoms with Crippen LogP contribution in [0.3, 0.4) is 0 Å². The number of hydrogen-bond acceptors (Lipinski definition) is 4. The zero-order valence-corrected chi connectivity index (χ0v) is 16.5. The van der Waals surface area contributed by atoms with Crippen molar-refractivity contribution in [1.82, 2.24) is 14.7 Å². The molecule has 2 fully saturated rings. The van der Waals surface area contributed by atoms with Gasteiger partial charge in [-0.3, -0.25) is 14.5 Å². The molecule has 0 spiro atoms. The van der Waals surface area contributed by atoms with E-state index in [0.29, 0.717) is 50.9 Å². The van der Waals surface area contributed by atoms with E-state index in [0.717, 1.165) is 17.7 Å². The number of rotatable bonds is 6. The van der Waals surface area contributed by atoms with Gasteiger partial charge in [0.15, 0.2) is 0 Å². The summed E-state index contributed by atoms with van der Waals surface area (Å²) >= 11 is 1.44. The second-order valence-corrected chi connectivity index (χ2v) is 8.33. The first-order valence-corrected chi connectivity index (χ1v) is 10.6. The molecule has 1 aromatic heterocycles. The Balaban J connectivity index is 1.32. The minimum Gasteiger partial charge on any atom is -0.338 e. The normalized spacial score (nSPS) is 17.2. The Morgan fingerprint density at radius 2 is 1.75 bits per heavy atom. The fraction of sp³-hybridized carbons (Fsp3) is 0.429. The maximum atomic E-state index is 14.0. The molecule has 2 aliphatic rings. The molecule has 148 valence electrons. The molecule has 1 aliphatic heterocycles. The molecule has 1 saturated heterocycles. The Morgan fingerprint density at radius 1 is 1.04 bits per heavy atom. The van der Waals surface area contributed by atoms with Crippen LogP contribution in [-0.2, 0) is 11.3 Å². The van der Waals surface area contributed by atoms with Crippen molar-refractivity contribution in [2.75, 3.05) is 32.7 Å². The molecule has 0 bridgehead atoms. The van der Waals surface area contributed by atoms with Gasteiger partial charge in [0, 0.05) is 44.3 Å². The highest BCUT2D eigenvalue weighted by molar-refractivity contribution is 7.12. The molecule has 4 rings (SSSR count). The third-order valence-electron chi connectivity index (χ3n) is 5.38. The van der Waals surface area contributed by atoms with E-state index in [4.69, 9.17) is 0 Å². The molecule has 0 atom stereocenters. The predicted molar refractivity (Wildman–Crippen MR) is 107 cm³/mol. The number of hydrogen-bond donors (Lipinski definition) is 0. The average Bonchev–Trinajstić information content (AvgIpc) is 3.42. The van der Waals surface area contributed by atoms with Crippen LogP contribution in [0, 0.1) is 5.82 Å². The van der Waals surface area contributed by atoms with Gasteiger partial charge in [0.05, 0.1) is 11.4 Å². The first-order valence-electron chi connectivity index (χ1n) is 9.70. The smallest absolute Gasteiger partial charge is 0.264 e. The standard InChI is InChI=1S/C21H24FN3O2S/c22-18-5-2-1-4-16(18)14-25(17-7-8-17)15-20(26)23-9-11-24(12-10-23)21(27)19-6-3-13-28-19/h1-6,13,17H,7-12,14-15H2. The number of thiophene rings is 1. The van der Waals surface area contributed by atoms with Gasteiger partial charge in [-0.1, -0.05) is 24.3 Å². The highest BCUT2D eigenvalue weighted by Gasteiger charge is 2.33. The van der Waals surface area contributed by atoms with Crippen LogP contribution in [0.25, 0.3) is 0 Å². The SMILES string of the molecule is O=C(CN(Cc1ccccc1F)C1CC1)N1CCN(C(=O)c2cccs2)CC1. The lowest BCUT2D eigenvalue weighted by Crippen LogP contribution is -2.52. The zero-order chi connectivity index (χ0) is 19.5. The monoisotopic (exact) mass is 401 g/mol. The highest BCUT2D eigenvalue weighted by atomic mass is 32.1. The van der Waals surface area contributed by atoms with Gasteiger partial charge < -0.3 is 9.80 Å². The van der Waals surface area contributed by atoms with Crippen molar-refractivity contribution in [2.24, 2.45) is 0 Å². The van der Waals surface area contributed by atoms with Crippen molar-refractivity contribution in [1.29, 1.82) is 0 Å². The summed E-state index contributed by atoms with van der Waals surface area (Å²) in [6.07, 6.45) is 2.12. The van der Waals surface area contributed by atoms with Crippen LogP contribution in [-0.4, -0.2) is 65.3 Å². The summed E-state index contributed by atoms with van der Waals surface area (Å²) in [7, 11) is 0. The van der Waals surface area contributed by atoms with E-state index in [1.165, 1.54) is 17.4 Å². The molecular formula is C21H24FN3O2S. The van der Waals surface area contributed by atoms with E-state index in [1.807, 2.05) is 33.4 Å². The summed E-state index contributed by atoms with van der Waals surface area (Å²) in [5.74, 6) is -0.117. The summed E-state index contributed by atoms with van der Waals surface area (Å²) in [6.45, 7) is 2.97. The van der Waals surface area contributed by atoms with Crippen molar-refractivity contribution in [3.05, 3.63) is 58.0 Å². The van der Waals surface area contributed by atoms with Crippen LogP contribution in [0.1, 0.15) is 28.1 Å². The van der Waals surface area contributed by atoms with E-state index in [1.54, 1.807) is 12.1 Å². The Bertz CT molecular complexity index is 830. The number of carbonyl (C=O) groups excluding carboxylic acids is 2. The number of carbonyl (C=O) groups is 2. The summed E-state index contributed by atoms with van der Waals surface area (Å²) in [4.78, 5) is 31.7. The topological polar surface area (TPSA) is 43.9 Å². The van der Waals surface area contributed by atoms with Gasteiger partial charge in [-0.05, 0) is 30.4 Å². The second-order valence-electron chi connectivity index (χ2n) is 7.38. The van der Waals surface area contributed by atoms with E-state index in [-0.39, 0.29) is 17.6 Å². The van der Waals surface area contributed by atoms with Crippen LogP contribution in [0.4, 0.5) is 4.39 Å². The minimum atomic E-state index is -0.221. The van der Waals surface area contributed by atoms with Crippen LogP contribution in [0.15, 0.2) is 41.8 Å². The van der Waals surface area contributed by atoms with Crippen molar-refractivity contribution in [3.63, 3.8) is 0 Å². The Hall–Kier alpha value is -2.25. The van der Waals surface area contributed by atoms with Crippen molar-refractivity contribution < 1.29 is 14.0 Å². The number of piperazine rings is 1. The summed E-state index contributed by atoms with van der Waals surface area (Å²) in [6, 6.07) is 10.8. The number of halogens is 1. The molecule has 0 radical (unpaired) electrons. The molecule has 1 aliphatic carbocycles. The highest BCUT2D eigenvalue weighted by Crippen LogP contribution is 2.28. The molecule has 28 heavy (non-hydrogen) atoms. The van der Waals surface area contributed by atoms with Crippen molar-refractivity contribution >= 4 is 23.2 Å². The molecule has 0 unspecified atom stereocenters. The van der Waals surface area contributed by atoms with E-state index < -0.39 is 0 Å². The fourth-order valence-electron chi connectivity index (χ4n) is 3.59. The fourth-order valence-corrected chi connectivity index (χ4v) is 4.28. The lowest BCUT2D eigenvalue weighted by atomic mass is 10.2. The van der Waals surface area contributed by atoms with Gasteiger partial charge in [0.25, 0.3) is 5.91 Å². The predicted octanol–water partition coefficient (Wildman–Crippen LogP) is 2.84. The van der Waals surface area contributed by atoms with E-state index >= 15 is 0 Å². The summed E-state index contributed by atoms with van der Waals surface area (Å²) < 4.78 is 14.0. The van der Waals surface area contributed by atoms with Crippen molar-refractivity contribution in [2.45, 2.75) is 25.4 Å². The molecular weight excluding hydrogens is 377 g/mol. The maximum Gasteiger partial charge on any atom is 0.264 e. The molecule has 1 saturated carbocycles. The van der Waals surface area contributed by atoms with Crippen molar-refractivity contribution in [3.8, 4) is 0 Å². The van der Waals surface area contributed by atoms with E-state index in [9.17, 15) is 14.0 Å². The third kappa shape index (κ3) is 4.42. The molecule has 2 amide bonds. The minimum absolute atomic E-state index is 0.0428. The zero-order valence-electron chi connectivity index (χ0n) is 15.7. The van der Waals surface area contributed by atoms with Crippen LogP contribution in [0.2, 0.25) is 0 Å². The van der Waals surface area contributed by atoms with Crippen LogP contribution in [0.5, 0.6) is 0 Å². The first-order chi connectivity index (χ1) is 13.6. The van der Waals surface area contributed by atoms with Crippen LogP contribution >= 0.6 is 11.3 Å². The Labute approximate surface area is 168 Å². The quantitative estimate of drug-likeness (QED) is 0.748. The summed E-state index contributed by atoms with van der Waals surface area (Å²) in [5.41, 5.74) is 0.633. The average molecular weight is 402 g/mol. The van der Waals surface area contributed by atoms with Gasteiger partial charge in [-0.15, -0.1) is 11.3 Å². The van der Waals surface area contributed by atoms with Gasteiger partial charge in [0.2, 0.25) is 5.91 Å². The van der Waals surface area contributed by atoms with Gasteiger partial charge in [0.1, 0.15) is 5.82 Å². The molecule has 2 aromatic rings. The molecule has 0 N–H and O–H groups in total. The van der Waals surface area contributed by atoms with Gasteiger partial charge in [-0.25, -0.2) is 4.39 Å². The first kappa shape index (κ1) is 19.1. The molecule has 5 nitrogen and oxygen atoms in total. The van der Waals surface area contributed by atoms with E-state index in [2.05, 4.69) is 4.90 Å². The number of benzene rings is 1. The molecule has 7 heteroatoms. The summed E-state index contributed by atoms with van der Waals surface area (Å²) in [5, 5.41) is 1.90. The lowest BCUT2D eigenvalue weighted by Gasteiger charge is -2.35. The number of amides is 2.